The van der Waals surface area contributed by atoms with Crippen LogP contribution in [0.5, 0.6) is 0 Å². The molecule has 0 fully saturated rings. The molecule has 17 heavy (non-hydrogen) atoms. The van der Waals surface area contributed by atoms with Gasteiger partial charge in [0.05, 0.1) is 6.54 Å². The molecule has 0 saturated heterocycles. The van der Waals surface area contributed by atoms with Gasteiger partial charge in [0.2, 0.25) is 0 Å². The van der Waals surface area contributed by atoms with Crippen molar-refractivity contribution in [2.45, 2.75) is 13.5 Å². The van der Waals surface area contributed by atoms with E-state index in [0.717, 1.165) is 11.1 Å². The number of aliphatic imine (C=N–C) groups is 1. The molecule has 3 nitrogen and oxygen atoms in total. The maximum Gasteiger partial charge on any atom is 0.125 e. The van der Waals surface area contributed by atoms with Crippen LogP contribution >= 0.6 is 0 Å². The van der Waals surface area contributed by atoms with Gasteiger partial charge in [-0.1, -0.05) is 30.3 Å². The summed E-state index contributed by atoms with van der Waals surface area (Å²) in [7, 11) is 0. The third-order valence-electron chi connectivity index (χ3n) is 2.64. The van der Waals surface area contributed by atoms with Gasteiger partial charge >= 0.3 is 0 Å². The molecule has 2 aromatic rings. The van der Waals surface area contributed by atoms with Crippen molar-refractivity contribution in [3.63, 3.8) is 0 Å². The number of nitrogens with zero attached hydrogens (tertiary/aromatic N) is 2. The second-order valence-electron chi connectivity index (χ2n) is 3.87. The molecule has 3 heteroatoms. The summed E-state index contributed by atoms with van der Waals surface area (Å²) in [5.41, 5.74) is 9.16. The van der Waals surface area contributed by atoms with Gasteiger partial charge in [-0.3, -0.25) is 9.98 Å². The van der Waals surface area contributed by atoms with Gasteiger partial charge in [-0.05, 0) is 24.1 Å². The van der Waals surface area contributed by atoms with Crippen molar-refractivity contribution in [3.05, 3.63) is 65.5 Å². The van der Waals surface area contributed by atoms with Crippen LogP contribution in [0, 0.1) is 6.92 Å². The van der Waals surface area contributed by atoms with Crippen LogP contribution in [0.2, 0.25) is 0 Å². The summed E-state index contributed by atoms with van der Waals surface area (Å²) in [6.07, 6.45) is 3.61. The van der Waals surface area contributed by atoms with Gasteiger partial charge in [0.1, 0.15) is 5.84 Å². The predicted octanol–water partition coefficient (Wildman–Crippen LogP) is 2.30. The summed E-state index contributed by atoms with van der Waals surface area (Å²) < 4.78 is 0. The highest BCUT2D eigenvalue weighted by Gasteiger charge is 1.99. The van der Waals surface area contributed by atoms with Crippen molar-refractivity contribution in [3.8, 4) is 0 Å². The van der Waals surface area contributed by atoms with Crippen LogP contribution in [0.3, 0.4) is 0 Å². The highest BCUT2D eigenvalue weighted by atomic mass is 14.8. The molecule has 1 aromatic heterocycles. The number of amidine groups is 1. The van der Waals surface area contributed by atoms with E-state index in [1.807, 2.05) is 49.5 Å². The number of nitrogens with two attached hydrogens (primary N) is 1. The fourth-order valence-corrected chi connectivity index (χ4v) is 1.53. The zero-order chi connectivity index (χ0) is 12.1. The molecule has 0 spiro atoms. The van der Waals surface area contributed by atoms with Crippen LogP contribution < -0.4 is 5.73 Å². The van der Waals surface area contributed by atoms with Crippen molar-refractivity contribution in [1.29, 1.82) is 0 Å². The lowest BCUT2D eigenvalue weighted by molar-refractivity contribution is 1.02. The molecule has 0 unspecified atom stereocenters. The minimum atomic E-state index is 0.564. The predicted molar refractivity (Wildman–Crippen MR) is 69.8 cm³/mol. The first-order chi connectivity index (χ1) is 8.27. The quantitative estimate of drug-likeness (QED) is 0.643. The number of rotatable bonds is 3. The highest BCUT2D eigenvalue weighted by Crippen LogP contribution is 2.07. The van der Waals surface area contributed by atoms with Crippen LogP contribution in [-0.4, -0.2) is 10.8 Å². The normalized spacial score (nSPS) is 11.5. The Kier molecular flexibility index (Phi) is 3.50. The van der Waals surface area contributed by atoms with Gasteiger partial charge in [0.15, 0.2) is 0 Å². The standard InChI is InChI=1S/C14H15N3/c1-11-7-8-16-9-13(11)10-17-14(15)12-5-3-2-4-6-12/h2-9H,10H2,1H3,(H2,15,17). The van der Waals surface area contributed by atoms with Gasteiger partial charge in [-0.25, -0.2) is 0 Å². The van der Waals surface area contributed by atoms with Crippen LogP contribution in [0.25, 0.3) is 0 Å². The Morgan fingerprint density at radius 1 is 1.24 bits per heavy atom. The third-order valence-corrected chi connectivity index (χ3v) is 2.64. The van der Waals surface area contributed by atoms with Crippen molar-refractivity contribution in [2.75, 3.05) is 0 Å². The fraction of sp³-hybridized carbons (Fsp3) is 0.143. The van der Waals surface area contributed by atoms with Crippen LogP contribution in [0.15, 0.2) is 53.8 Å². The Morgan fingerprint density at radius 3 is 2.71 bits per heavy atom. The SMILES string of the molecule is Cc1ccncc1CN=C(N)c1ccccc1. The number of hydrogen-bond acceptors (Lipinski definition) is 2. The minimum Gasteiger partial charge on any atom is -0.383 e. The zero-order valence-electron chi connectivity index (χ0n) is 9.80. The third kappa shape index (κ3) is 2.91. The van der Waals surface area contributed by atoms with E-state index in [-0.39, 0.29) is 0 Å². The summed E-state index contributed by atoms with van der Waals surface area (Å²) in [6, 6.07) is 11.7. The van der Waals surface area contributed by atoms with Crippen LogP contribution in [-0.2, 0) is 6.54 Å². The summed E-state index contributed by atoms with van der Waals surface area (Å²) in [5.74, 6) is 0.564. The molecule has 1 heterocycles. The lowest BCUT2D eigenvalue weighted by Gasteiger charge is -2.03. The van der Waals surface area contributed by atoms with Crippen molar-refractivity contribution >= 4 is 5.84 Å². The molecule has 0 aliphatic heterocycles. The van der Waals surface area contributed by atoms with Gasteiger partial charge in [0.25, 0.3) is 0 Å². The van der Waals surface area contributed by atoms with E-state index in [1.165, 1.54) is 5.56 Å². The number of pyridine rings is 1. The average Bonchev–Trinajstić information content (AvgIpc) is 2.38. The molecule has 2 rings (SSSR count). The molecule has 0 atom stereocenters. The minimum absolute atomic E-state index is 0.564. The topological polar surface area (TPSA) is 51.3 Å². The van der Waals surface area contributed by atoms with Crippen LogP contribution in [0.1, 0.15) is 16.7 Å². The molecule has 1 aromatic carbocycles. The number of aryl methyl sites for hydroxylation is 1. The molecule has 0 aliphatic carbocycles. The lowest BCUT2D eigenvalue weighted by atomic mass is 10.1. The van der Waals surface area contributed by atoms with E-state index in [9.17, 15) is 0 Å². The molecule has 0 bridgehead atoms. The molecule has 0 radical (unpaired) electrons. The second-order valence-corrected chi connectivity index (χ2v) is 3.87. The van der Waals surface area contributed by atoms with Crippen LogP contribution in [0.4, 0.5) is 0 Å². The molecular weight excluding hydrogens is 210 g/mol. The first kappa shape index (κ1) is 11.3. The number of hydrogen-bond donors (Lipinski definition) is 1. The smallest absolute Gasteiger partial charge is 0.125 e. The van der Waals surface area contributed by atoms with Gasteiger partial charge in [-0.2, -0.15) is 0 Å². The lowest BCUT2D eigenvalue weighted by Crippen LogP contribution is -2.13. The second kappa shape index (κ2) is 5.25. The fourth-order valence-electron chi connectivity index (χ4n) is 1.53. The summed E-state index contributed by atoms with van der Waals surface area (Å²) in [5, 5.41) is 0. The molecule has 2 N–H and O–H groups in total. The van der Waals surface area contributed by atoms with E-state index in [1.54, 1.807) is 6.20 Å². The first-order valence-corrected chi connectivity index (χ1v) is 5.52. The van der Waals surface area contributed by atoms with Crippen molar-refractivity contribution in [2.24, 2.45) is 10.7 Å². The maximum absolute atomic E-state index is 5.92. The zero-order valence-corrected chi connectivity index (χ0v) is 9.80. The van der Waals surface area contributed by atoms with E-state index >= 15 is 0 Å². The first-order valence-electron chi connectivity index (χ1n) is 5.52. The maximum atomic E-state index is 5.92. The summed E-state index contributed by atoms with van der Waals surface area (Å²) in [4.78, 5) is 8.47. The monoisotopic (exact) mass is 225 g/mol. The highest BCUT2D eigenvalue weighted by molar-refractivity contribution is 5.97. The number of benzene rings is 1. The average molecular weight is 225 g/mol. The molecule has 0 saturated carbocycles. The Labute approximate surface area is 101 Å². The number of aromatic nitrogens is 1. The Hall–Kier alpha value is -2.16. The Bertz CT molecular complexity index is 518. The van der Waals surface area contributed by atoms with Crippen molar-refractivity contribution in [1.82, 2.24) is 4.98 Å². The van der Waals surface area contributed by atoms with E-state index in [4.69, 9.17) is 5.73 Å². The molecular formula is C14H15N3. The summed E-state index contributed by atoms with van der Waals surface area (Å²) in [6.45, 7) is 2.62. The molecule has 0 amide bonds. The Balaban J connectivity index is 2.14. The van der Waals surface area contributed by atoms with Gasteiger partial charge < -0.3 is 5.73 Å². The van der Waals surface area contributed by atoms with E-state index in [2.05, 4.69) is 9.98 Å². The largest absolute Gasteiger partial charge is 0.383 e. The molecule has 0 aliphatic rings. The van der Waals surface area contributed by atoms with E-state index < -0.39 is 0 Å². The Morgan fingerprint density at radius 2 is 2.00 bits per heavy atom. The summed E-state index contributed by atoms with van der Waals surface area (Å²) >= 11 is 0. The molecule has 86 valence electrons. The van der Waals surface area contributed by atoms with Gasteiger partial charge in [-0.15, -0.1) is 0 Å². The van der Waals surface area contributed by atoms with Crippen molar-refractivity contribution < 1.29 is 0 Å². The van der Waals surface area contributed by atoms with E-state index in [0.29, 0.717) is 12.4 Å². The van der Waals surface area contributed by atoms with Gasteiger partial charge in [0, 0.05) is 18.0 Å².